The number of nitrogens with zero attached hydrogens (tertiary/aromatic N) is 2. The van der Waals surface area contributed by atoms with Crippen molar-refractivity contribution in [3.63, 3.8) is 0 Å². The first-order valence-corrected chi connectivity index (χ1v) is 9.79. The van der Waals surface area contributed by atoms with Gasteiger partial charge in [-0.15, -0.1) is 0 Å². The number of amides is 3. The number of rotatable bonds is 4. The predicted molar refractivity (Wildman–Crippen MR) is 119 cm³/mol. The van der Waals surface area contributed by atoms with Gasteiger partial charge in [-0.25, -0.2) is 4.79 Å². The zero-order valence-corrected chi connectivity index (χ0v) is 17.3. The molecule has 7 nitrogen and oxygen atoms in total. The van der Waals surface area contributed by atoms with E-state index in [0.717, 1.165) is 28.7 Å². The van der Waals surface area contributed by atoms with E-state index in [-0.39, 0.29) is 17.3 Å². The van der Waals surface area contributed by atoms with Crippen molar-refractivity contribution in [3.05, 3.63) is 84.3 Å². The van der Waals surface area contributed by atoms with Crippen LogP contribution in [-0.4, -0.2) is 28.5 Å². The number of benzene rings is 2. The first-order chi connectivity index (χ1) is 15.7. The van der Waals surface area contributed by atoms with Crippen LogP contribution in [0, 0.1) is 0 Å². The Morgan fingerprint density at radius 3 is 2.42 bits per heavy atom. The fourth-order valence-corrected chi connectivity index (χ4v) is 3.33. The van der Waals surface area contributed by atoms with Gasteiger partial charge in [0.15, 0.2) is 0 Å². The number of fused-ring (bicyclic) bond motifs is 1. The Kier molecular flexibility index (Phi) is 5.74. The average molecular weight is 453 g/mol. The van der Waals surface area contributed by atoms with Crippen molar-refractivity contribution in [2.45, 2.75) is 6.18 Å². The van der Waals surface area contributed by atoms with E-state index in [2.05, 4.69) is 20.9 Å². The molecule has 0 saturated heterocycles. The highest BCUT2D eigenvalue weighted by Crippen LogP contribution is 2.30. The number of halogens is 3. The summed E-state index contributed by atoms with van der Waals surface area (Å²) in [6.07, 6.45) is -1.14. The number of carbonyl (C=O) groups is 2. The summed E-state index contributed by atoms with van der Waals surface area (Å²) >= 11 is 0. The Morgan fingerprint density at radius 2 is 1.70 bits per heavy atom. The molecule has 4 rings (SSSR count). The monoisotopic (exact) mass is 453 g/mol. The molecule has 168 valence electrons. The quantitative estimate of drug-likeness (QED) is 0.404. The van der Waals surface area contributed by atoms with Crippen molar-refractivity contribution < 1.29 is 22.8 Å². The first-order valence-electron chi connectivity index (χ1n) is 9.79. The molecule has 0 fully saturated rings. The molecule has 33 heavy (non-hydrogen) atoms. The first kappa shape index (κ1) is 21.9. The van der Waals surface area contributed by atoms with Crippen LogP contribution in [0.5, 0.6) is 0 Å². The number of alkyl halides is 3. The van der Waals surface area contributed by atoms with Crippen LogP contribution in [0.15, 0.2) is 73.1 Å². The predicted octanol–water partition coefficient (Wildman–Crippen LogP) is 5.05. The summed E-state index contributed by atoms with van der Waals surface area (Å²) < 4.78 is 40.4. The van der Waals surface area contributed by atoms with E-state index in [0.29, 0.717) is 5.69 Å². The Hall–Kier alpha value is -4.34. The molecule has 2 aromatic carbocycles. The summed E-state index contributed by atoms with van der Waals surface area (Å²) in [7, 11) is 1.53. The normalized spacial score (nSPS) is 11.3. The minimum atomic E-state index is -4.50. The lowest BCUT2D eigenvalue weighted by molar-refractivity contribution is -0.137. The molecule has 0 spiro atoms. The third-order valence-electron chi connectivity index (χ3n) is 4.88. The number of anilines is 2. The molecule has 0 bridgehead atoms. The zero-order valence-electron chi connectivity index (χ0n) is 17.3. The molecule has 3 amide bonds. The minimum Gasteiger partial charge on any atom is -0.354 e. The van der Waals surface area contributed by atoms with E-state index >= 15 is 0 Å². The molecular weight excluding hydrogens is 435 g/mol. The second kappa shape index (κ2) is 8.65. The molecule has 0 radical (unpaired) electrons. The summed E-state index contributed by atoms with van der Waals surface area (Å²) in [5.41, 5.74) is 1.49. The zero-order chi connectivity index (χ0) is 23.6. The van der Waals surface area contributed by atoms with Gasteiger partial charge in [0.1, 0.15) is 5.69 Å². The number of carbonyl (C=O) groups excluding carboxylic acids is 2. The van der Waals surface area contributed by atoms with Crippen LogP contribution in [0.4, 0.5) is 29.3 Å². The molecule has 0 aliphatic rings. The Morgan fingerprint density at radius 1 is 0.939 bits per heavy atom. The lowest BCUT2D eigenvalue weighted by atomic mass is 10.2. The van der Waals surface area contributed by atoms with Gasteiger partial charge in [-0.3, -0.25) is 9.78 Å². The summed E-state index contributed by atoms with van der Waals surface area (Å²) in [6.45, 7) is 0. The fraction of sp³-hybridized carbons (Fsp3) is 0.0870. The lowest BCUT2D eigenvalue weighted by Crippen LogP contribution is -2.19. The van der Waals surface area contributed by atoms with Crippen LogP contribution >= 0.6 is 0 Å². The largest absolute Gasteiger partial charge is 0.416 e. The van der Waals surface area contributed by atoms with Gasteiger partial charge in [0, 0.05) is 41.9 Å². The van der Waals surface area contributed by atoms with E-state index in [4.69, 9.17) is 0 Å². The maximum Gasteiger partial charge on any atom is 0.416 e. The van der Waals surface area contributed by atoms with E-state index < -0.39 is 17.8 Å². The highest BCUT2D eigenvalue weighted by molar-refractivity contribution is 6.01. The maximum atomic E-state index is 12.9. The average Bonchev–Trinajstić information content (AvgIpc) is 3.21. The molecule has 0 saturated carbocycles. The van der Waals surface area contributed by atoms with Gasteiger partial charge in [-0.2, -0.15) is 13.2 Å². The van der Waals surface area contributed by atoms with Crippen LogP contribution in [-0.2, 0) is 6.18 Å². The van der Waals surface area contributed by atoms with Crippen molar-refractivity contribution in [2.24, 2.45) is 0 Å². The SMILES string of the molecule is CNC(=O)c1cc(-n2ccc3cc(NC(=O)Nc4cccc(C(F)(F)F)c4)ccc32)ccn1. The molecule has 2 heterocycles. The Bertz CT molecular complexity index is 1350. The molecule has 0 unspecified atom stereocenters. The van der Waals surface area contributed by atoms with Crippen LogP contribution < -0.4 is 16.0 Å². The van der Waals surface area contributed by atoms with Gasteiger partial charge in [0.2, 0.25) is 0 Å². The number of hydrogen-bond acceptors (Lipinski definition) is 3. The topological polar surface area (TPSA) is 88.0 Å². The second-order valence-corrected chi connectivity index (χ2v) is 7.10. The third kappa shape index (κ3) is 4.79. The summed E-state index contributed by atoms with van der Waals surface area (Å²) in [5, 5.41) is 8.36. The highest BCUT2D eigenvalue weighted by Gasteiger charge is 2.30. The van der Waals surface area contributed by atoms with Crippen molar-refractivity contribution in [1.82, 2.24) is 14.9 Å². The third-order valence-corrected chi connectivity index (χ3v) is 4.88. The number of hydrogen-bond donors (Lipinski definition) is 3. The van der Waals surface area contributed by atoms with Gasteiger partial charge in [-0.1, -0.05) is 6.07 Å². The van der Waals surface area contributed by atoms with E-state index in [1.807, 2.05) is 16.8 Å². The van der Waals surface area contributed by atoms with Crippen molar-refractivity contribution in [3.8, 4) is 5.69 Å². The second-order valence-electron chi connectivity index (χ2n) is 7.10. The minimum absolute atomic E-state index is 0.0270. The van der Waals surface area contributed by atoms with Gasteiger partial charge in [-0.05, 0) is 54.6 Å². The van der Waals surface area contributed by atoms with Gasteiger partial charge in [0.05, 0.1) is 11.1 Å². The van der Waals surface area contributed by atoms with Gasteiger partial charge < -0.3 is 20.5 Å². The summed E-state index contributed by atoms with van der Waals surface area (Å²) in [5.74, 6) is -0.299. The number of aromatic nitrogens is 2. The molecule has 4 aromatic rings. The van der Waals surface area contributed by atoms with E-state index in [9.17, 15) is 22.8 Å². The van der Waals surface area contributed by atoms with Gasteiger partial charge >= 0.3 is 12.2 Å². The molecule has 2 aromatic heterocycles. The Labute approximate surface area is 186 Å². The Balaban J connectivity index is 1.52. The molecule has 0 aliphatic carbocycles. The van der Waals surface area contributed by atoms with Crippen molar-refractivity contribution >= 4 is 34.2 Å². The lowest BCUT2D eigenvalue weighted by Gasteiger charge is -2.11. The number of nitrogens with one attached hydrogen (secondary N) is 3. The maximum absolute atomic E-state index is 12.9. The highest BCUT2D eigenvalue weighted by atomic mass is 19.4. The number of urea groups is 1. The number of pyridine rings is 1. The van der Waals surface area contributed by atoms with E-state index in [1.165, 1.54) is 19.2 Å². The van der Waals surface area contributed by atoms with Crippen LogP contribution in [0.2, 0.25) is 0 Å². The summed E-state index contributed by atoms with van der Waals surface area (Å²) in [6, 6.07) is 14.2. The molecule has 0 atom stereocenters. The molecule has 0 aliphatic heterocycles. The van der Waals surface area contributed by atoms with Crippen LogP contribution in [0.3, 0.4) is 0 Å². The standard InChI is InChI=1S/C23H18F3N5O2/c1-27-21(32)19-13-18(7-9-28-19)31-10-8-14-11-17(5-6-20(14)31)30-22(33)29-16-4-2-3-15(12-16)23(24,25)26/h2-13H,1H3,(H,27,32)(H2,29,30,33). The smallest absolute Gasteiger partial charge is 0.354 e. The molecule has 3 N–H and O–H groups in total. The molecular formula is C23H18F3N5O2. The van der Waals surface area contributed by atoms with E-state index in [1.54, 1.807) is 36.5 Å². The van der Waals surface area contributed by atoms with Crippen LogP contribution in [0.25, 0.3) is 16.6 Å². The van der Waals surface area contributed by atoms with Crippen LogP contribution in [0.1, 0.15) is 16.1 Å². The van der Waals surface area contributed by atoms with Gasteiger partial charge in [0.25, 0.3) is 5.91 Å². The fourth-order valence-electron chi connectivity index (χ4n) is 3.33. The van der Waals surface area contributed by atoms with Crippen molar-refractivity contribution in [2.75, 3.05) is 17.7 Å². The summed E-state index contributed by atoms with van der Waals surface area (Å²) in [4.78, 5) is 28.2. The molecule has 10 heteroatoms. The van der Waals surface area contributed by atoms with Crippen molar-refractivity contribution in [1.29, 1.82) is 0 Å².